The number of nitrogens with zero attached hydrogens (tertiary/aromatic N) is 2. The Kier molecular flexibility index (Phi) is 3.25. The maximum atomic E-state index is 12.3. The van der Waals surface area contributed by atoms with Gasteiger partial charge in [-0.1, -0.05) is 30.3 Å². The molecule has 0 saturated heterocycles. The second kappa shape index (κ2) is 5.40. The Hall–Kier alpha value is -2.43. The van der Waals surface area contributed by atoms with Crippen molar-refractivity contribution in [2.45, 2.75) is 37.8 Å². The number of nitrogens with one attached hydrogen (secondary N) is 2. The van der Waals surface area contributed by atoms with Gasteiger partial charge in [-0.3, -0.25) is 4.79 Å². The van der Waals surface area contributed by atoms with Crippen molar-refractivity contribution < 1.29 is 4.79 Å². The second-order valence-electron chi connectivity index (χ2n) is 5.99. The van der Waals surface area contributed by atoms with E-state index in [2.05, 4.69) is 20.6 Å². The van der Waals surface area contributed by atoms with Crippen LogP contribution in [0.2, 0.25) is 0 Å². The lowest BCUT2D eigenvalue weighted by Crippen LogP contribution is -2.26. The van der Waals surface area contributed by atoms with Crippen LogP contribution in [0.3, 0.4) is 0 Å². The number of amides is 1. The summed E-state index contributed by atoms with van der Waals surface area (Å²) in [7, 11) is 0. The molecule has 112 valence electrons. The molecule has 0 aliphatic heterocycles. The van der Waals surface area contributed by atoms with Crippen LogP contribution in [0, 0.1) is 0 Å². The number of aromatic nitrogens is 2. The van der Waals surface area contributed by atoms with E-state index in [1.165, 1.54) is 0 Å². The Balaban J connectivity index is 1.67. The molecule has 0 spiro atoms. The summed E-state index contributed by atoms with van der Waals surface area (Å²) in [5.41, 5.74) is 1.35. The number of anilines is 1. The van der Waals surface area contributed by atoms with Gasteiger partial charge in [-0.25, -0.2) is 9.97 Å². The number of carbonyl (C=O) groups excluding carboxylic acids is 1. The van der Waals surface area contributed by atoms with Gasteiger partial charge in [0.2, 0.25) is 0 Å². The molecule has 0 bridgehead atoms. The third kappa shape index (κ3) is 3.08. The van der Waals surface area contributed by atoms with Gasteiger partial charge < -0.3 is 10.6 Å². The molecule has 4 rings (SSSR count). The summed E-state index contributed by atoms with van der Waals surface area (Å²) in [5, 5.41) is 6.35. The van der Waals surface area contributed by atoms with Gasteiger partial charge in [0.25, 0.3) is 5.91 Å². The molecule has 1 aromatic carbocycles. The zero-order valence-electron chi connectivity index (χ0n) is 12.2. The molecule has 1 aromatic heterocycles. The van der Waals surface area contributed by atoms with Crippen molar-refractivity contribution in [1.29, 1.82) is 0 Å². The Morgan fingerprint density at radius 3 is 2.41 bits per heavy atom. The van der Waals surface area contributed by atoms with Gasteiger partial charge in [0.05, 0.1) is 0 Å². The normalized spacial score (nSPS) is 17.1. The highest BCUT2D eigenvalue weighted by Crippen LogP contribution is 2.26. The van der Waals surface area contributed by atoms with E-state index in [4.69, 9.17) is 0 Å². The van der Waals surface area contributed by atoms with Gasteiger partial charge in [0.15, 0.2) is 5.82 Å². The van der Waals surface area contributed by atoms with Crippen LogP contribution < -0.4 is 10.6 Å². The number of rotatable bonds is 5. The standard InChI is InChI=1S/C17H18N4O/c22-17(19-13-8-9-13)14-10-15(18-12-6-7-12)21-16(20-14)11-4-2-1-3-5-11/h1-5,10,12-13H,6-9H2,(H,19,22)(H,18,20,21). The predicted molar refractivity (Wildman–Crippen MR) is 84.6 cm³/mol. The van der Waals surface area contributed by atoms with Gasteiger partial charge in [0, 0.05) is 23.7 Å². The topological polar surface area (TPSA) is 66.9 Å². The molecule has 1 heterocycles. The average Bonchev–Trinajstić information content (AvgIpc) is 3.45. The fourth-order valence-electron chi connectivity index (χ4n) is 2.28. The van der Waals surface area contributed by atoms with Crippen molar-refractivity contribution in [3.05, 3.63) is 42.1 Å². The first-order valence-corrected chi connectivity index (χ1v) is 7.80. The molecule has 0 unspecified atom stereocenters. The van der Waals surface area contributed by atoms with Crippen molar-refractivity contribution in [3.8, 4) is 11.4 Å². The maximum absolute atomic E-state index is 12.3. The SMILES string of the molecule is O=C(NC1CC1)c1cc(NC2CC2)nc(-c2ccccc2)n1. The largest absolute Gasteiger partial charge is 0.367 e. The van der Waals surface area contributed by atoms with E-state index in [0.29, 0.717) is 23.6 Å². The van der Waals surface area contributed by atoms with E-state index in [-0.39, 0.29) is 5.91 Å². The number of benzene rings is 1. The first kappa shape index (κ1) is 13.2. The lowest BCUT2D eigenvalue weighted by Gasteiger charge is -2.10. The number of hydrogen-bond acceptors (Lipinski definition) is 4. The summed E-state index contributed by atoms with van der Waals surface area (Å²) in [4.78, 5) is 21.3. The molecule has 2 aromatic rings. The lowest BCUT2D eigenvalue weighted by molar-refractivity contribution is 0.0946. The Morgan fingerprint density at radius 2 is 1.73 bits per heavy atom. The molecule has 2 aliphatic rings. The van der Waals surface area contributed by atoms with Crippen LogP contribution in [0.1, 0.15) is 36.2 Å². The Morgan fingerprint density at radius 1 is 1.00 bits per heavy atom. The van der Waals surface area contributed by atoms with Gasteiger partial charge in [-0.05, 0) is 25.7 Å². The number of carbonyl (C=O) groups is 1. The van der Waals surface area contributed by atoms with Crippen LogP contribution >= 0.6 is 0 Å². The third-order valence-electron chi connectivity index (χ3n) is 3.83. The van der Waals surface area contributed by atoms with Crippen molar-refractivity contribution in [2.24, 2.45) is 0 Å². The van der Waals surface area contributed by atoms with E-state index in [1.807, 2.05) is 30.3 Å². The van der Waals surface area contributed by atoms with Crippen LogP contribution in [0.15, 0.2) is 36.4 Å². The maximum Gasteiger partial charge on any atom is 0.270 e. The summed E-state index contributed by atoms with van der Waals surface area (Å²) in [5.74, 6) is 1.21. The molecular formula is C17H18N4O. The van der Waals surface area contributed by atoms with E-state index < -0.39 is 0 Å². The second-order valence-corrected chi connectivity index (χ2v) is 5.99. The fraction of sp³-hybridized carbons (Fsp3) is 0.353. The van der Waals surface area contributed by atoms with Gasteiger partial charge in [-0.15, -0.1) is 0 Å². The van der Waals surface area contributed by atoms with E-state index in [1.54, 1.807) is 6.07 Å². The summed E-state index contributed by atoms with van der Waals surface area (Å²) in [6.45, 7) is 0. The van der Waals surface area contributed by atoms with E-state index in [9.17, 15) is 4.79 Å². The highest BCUT2D eigenvalue weighted by Gasteiger charge is 2.26. The molecule has 2 N–H and O–H groups in total. The average molecular weight is 294 g/mol. The fourth-order valence-corrected chi connectivity index (χ4v) is 2.28. The zero-order chi connectivity index (χ0) is 14.9. The summed E-state index contributed by atoms with van der Waals surface area (Å²) < 4.78 is 0. The highest BCUT2D eigenvalue weighted by molar-refractivity contribution is 5.93. The molecule has 1 amide bonds. The first-order chi connectivity index (χ1) is 10.8. The van der Waals surface area contributed by atoms with Crippen LogP contribution in [-0.4, -0.2) is 28.0 Å². The first-order valence-electron chi connectivity index (χ1n) is 7.80. The monoisotopic (exact) mass is 294 g/mol. The minimum absolute atomic E-state index is 0.110. The molecule has 2 fully saturated rings. The Bertz CT molecular complexity index is 693. The van der Waals surface area contributed by atoms with Crippen molar-refractivity contribution in [3.63, 3.8) is 0 Å². The molecule has 2 saturated carbocycles. The van der Waals surface area contributed by atoms with E-state index in [0.717, 1.165) is 37.1 Å². The molecule has 0 radical (unpaired) electrons. The van der Waals surface area contributed by atoms with Crippen LogP contribution in [0.25, 0.3) is 11.4 Å². The van der Waals surface area contributed by atoms with Gasteiger partial charge in [0.1, 0.15) is 11.5 Å². The number of hydrogen-bond donors (Lipinski definition) is 2. The summed E-state index contributed by atoms with van der Waals surface area (Å²) in [6, 6.07) is 12.3. The van der Waals surface area contributed by atoms with Crippen molar-refractivity contribution in [1.82, 2.24) is 15.3 Å². The zero-order valence-corrected chi connectivity index (χ0v) is 12.2. The molecule has 5 nitrogen and oxygen atoms in total. The van der Waals surface area contributed by atoms with Crippen molar-refractivity contribution >= 4 is 11.7 Å². The molecule has 0 atom stereocenters. The van der Waals surface area contributed by atoms with E-state index >= 15 is 0 Å². The predicted octanol–water partition coefficient (Wildman–Crippen LogP) is 2.61. The minimum atomic E-state index is -0.110. The minimum Gasteiger partial charge on any atom is -0.367 e. The van der Waals surface area contributed by atoms with Crippen molar-refractivity contribution in [2.75, 3.05) is 5.32 Å². The molecular weight excluding hydrogens is 276 g/mol. The molecule has 2 aliphatic carbocycles. The quantitative estimate of drug-likeness (QED) is 0.889. The Labute approximate surface area is 129 Å². The van der Waals surface area contributed by atoms with Gasteiger partial charge >= 0.3 is 0 Å². The third-order valence-corrected chi connectivity index (χ3v) is 3.83. The van der Waals surface area contributed by atoms with Crippen LogP contribution in [0.5, 0.6) is 0 Å². The smallest absolute Gasteiger partial charge is 0.270 e. The van der Waals surface area contributed by atoms with Crippen LogP contribution in [-0.2, 0) is 0 Å². The molecule has 22 heavy (non-hydrogen) atoms. The van der Waals surface area contributed by atoms with Crippen LogP contribution in [0.4, 0.5) is 5.82 Å². The molecule has 5 heteroatoms. The summed E-state index contributed by atoms with van der Waals surface area (Å²) >= 11 is 0. The summed E-state index contributed by atoms with van der Waals surface area (Å²) in [6.07, 6.45) is 4.45. The van der Waals surface area contributed by atoms with Gasteiger partial charge in [-0.2, -0.15) is 0 Å². The highest BCUT2D eigenvalue weighted by atomic mass is 16.2. The lowest BCUT2D eigenvalue weighted by atomic mass is 10.2.